The van der Waals surface area contributed by atoms with Crippen molar-refractivity contribution in [3.8, 4) is 0 Å². The topological polar surface area (TPSA) is 116 Å². The second-order valence-electron chi connectivity index (χ2n) is 8.40. The maximum absolute atomic E-state index is 13.7. The van der Waals surface area contributed by atoms with E-state index in [2.05, 4.69) is 5.10 Å². The highest BCUT2D eigenvalue weighted by molar-refractivity contribution is 8.02. The first-order valence-electron chi connectivity index (χ1n) is 11.1. The van der Waals surface area contributed by atoms with Gasteiger partial charge in [0.2, 0.25) is 5.89 Å². The van der Waals surface area contributed by atoms with Gasteiger partial charge >= 0.3 is 5.76 Å². The van der Waals surface area contributed by atoms with Crippen LogP contribution in [0.15, 0.2) is 67.0 Å². The molecule has 0 bridgehead atoms. The van der Waals surface area contributed by atoms with E-state index >= 15 is 0 Å². The highest BCUT2D eigenvalue weighted by atomic mass is 35.5. The standard InChI is InChI=1S/C25H23ClN2O6S2/c1-15-27-28(25(31)34-15)13-18-21(36(2,32)33)12-11-17(23(18)26)24(30)22-19(29)9-6-10-20(22)35-14-16-7-4-3-5-8-16/h3-5,7-8,11-12H,6,9-10,13-14H2,1-2H3. The highest BCUT2D eigenvalue weighted by Crippen LogP contribution is 2.37. The Kier molecular flexibility index (Phi) is 7.67. The van der Waals surface area contributed by atoms with Gasteiger partial charge in [0.15, 0.2) is 21.4 Å². The lowest BCUT2D eigenvalue weighted by molar-refractivity contribution is -0.115. The molecule has 0 aliphatic heterocycles. The van der Waals surface area contributed by atoms with Gasteiger partial charge in [0, 0.05) is 36.5 Å². The number of hydrogen-bond acceptors (Lipinski definition) is 8. The fourth-order valence-electron chi connectivity index (χ4n) is 4.03. The van der Waals surface area contributed by atoms with Crippen molar-refractivity contribution in [1.82, 2.24) is 9.78 Å². The number of sulfone groups is 1. The second kappa shape index (κ2) is 10.6. The molecule has 3 aromatic rings. The molecule has 36 heavy (non-hydrogen) atoms. The molecule has 1 aliphatic rings. The van der Waals surface area contributed by atoms with Gasteiger partial charge in [-0.15, -0.1) is 16.9 Å². The Hall–Kier alpha value is -2.95. The van der Waals surface area contributed by atoms with E-state index in [4.69, 9.17) is 16.0 Å². The van der Waals surface area contributed by atoms with Crippen molar-refractivity contribution in [2.24, 2.45) is 0 Å². The van der Waals surface area contributed by atoms with E-state index in [1.807, 2.05) is 30.3 Å². The molecule has 188 valence electrons. The summed E-state index contributed by atoms with van der Waals surface area (Å²) in [6.45, 7) is 1.16. The Morgan fingerprint density at radius 2 is 1.86 bits per heavy atom. The summed E-state index contributed by atoms with van der Waals surface area (Å²) in [7, 11) is -3.76. The van der Waals surface area contributed by atoms with Crippen molar-refractivity contribution in [2.45, 2.75) is 43.4 Å². The number of aryl methyl sites for hydroxylation is 1. The number of aromatic nitrogens is 2. The minimum atomic E-state index is -3.76. The molecule has 1 heterocycles. The maximum atomic E-state index is 13.7. The summed E-state index contributed by atoms with van der Waals surface area (Å²) >= 11 is 8.05. The van der Waals surface area contributed by atoms with Crippen LogP contribution in [0.2, 0.25) is 5.02 Å². The van der Waals surface area contributed by atoms with E-state index in [9.17, 15) is 22.8 Å². The number of thioether (sulfide) groups is 1. The van der Waals surface area contributed by atoms with E-state index in [0.29, 0.717) is 23.5 Å². The molecule has 0 amide bonds. The van der Waals surface area contributed by atoms with Crippen molar-refractivity contribution < 1.29 is 22.4 Å². The minimum Gasteiger partial charge on any atom is -0.393 e. The van der Waals surface area contributed by atoms with Gasteiger partial charge in [0.25, 0.3) is 0 Å². The molecule has 0 spiro atoms. The van der Waals surface area contributed by atoms with Crippen LogP contribution >= 0.6 is 23.4 Å². The number of benzene rings is 2. The van der Waals surface area contributed by atoms with Crippen LogP contribution in [0.25, 0.3) is 0 Å². The van der Waals surface area contributed by atoms with Crippen LogP contribution in [0.4, 0.5) is 0 Å². The highest BCUT2D eigenvalue weighted by Gasteiger charge is 2.31. The largest absolute Gasteiger partial charge is 0.437 e. The molecule has 2 aromatic carbocycles. The average molecular weight is 547 g/mol. The summed E-state index contributed by atoms with van der Waals surface area (Å²) in [5.41, 5.74) is 1.17. The predicted octanol–water partition coefficient (Wildman–Crippen LogP) is 4.37. The van der Waals surface area contributed by atoms with Crippen molar-refractivity contribution in [3.05, 3.63) is 91.1 Å². The molecule has 0 fully saturated rings. The van der Waals surface area contributed by atoms with Gasteiger partial charge in [-0.25, -0.2) is 13.2 Å². The normalized spacial score (nSPS) is 14.4. The molecule has 1 aromatic heterocycles. The molecule has 0 atom stereocenters. The molecule has 1 aliphatic carbocycles. The number of carbonyl (C=O) groups excluding carboxylic acids is 2. The summed E-state index contributed by atoms with van der Waals surface area (Å²) in [4.78, 5) is 39.2. The third-order valence-corrected chi connectivity index (χ3v) is 8.56. The Labute approximate surface area is 217 Å². The first-order valence-corrected chi connectivity index (χ1v) is 14.4. The Morgan fingerprint density at radius 1 is 1.14 bits per heavy atom. The third kappa shape index (κ3) is 5.55. The fraction of sp³-hybridized carbons (Fsp3) is 0.280. The molecule has 0 saturated carbocycles. The van der Waals surface area contributed by atoms with Gasteiger partial charge in [-0.05, 0) is 35.4 Å². The zero-order valence-corrected chi connectivity index (χ0v) is 22.0. The van der Waals surface area contributed by atoms with Gasteiger partial charge in [0.05, 0.1) is 22.0 Å². The lowest BCUT2D eigenvalue weighted by Gasteiger charge is -2.20. The molecular formula is C25H23ClN2O6S2. The second-order valence-corrected chi connectivity index (χ2v) is 11.8. The average Bonchev–Trinajstić information content (AvgIpc) is 3.14. The van der Waals surface area contributed by atoms with E-state index in [-0.39, 0.29) is 51.3 Å². The quantitative estimate of drug-likeness (QED) is 0.302. The number of Topliss-reactive ketones (excluding diaryl/α,β-unsaturated/α-hetero) is 2. The monoisotopic (exact) mass is 546 g/mol. The molecule has 0 unspecified atom stereocenters. The molecule has 11 heteroatoms. The lowest BCUT2D eigenvalue weighted by atomic mass is 9.91. The minimum absolute atomic E-state index is 0.00427. The first kappa shape index (κ1) is 26.1. The predicted molar refractivity (Wildman–Crippen MR) is 137 cm³/mol. The van der Waals surface area contributed by atoms with Crippen LogP contribution in [0, 0.1) is 6.92 Å². The van der Waals surface area contributed by atoms with E-state index in [1.165, 1.54) is 30.8 Å². The SMILES string of the molecule is Cc1nn(Cc2c(S(C)(=O)=O)ccc(C(=O)C3=C(SCc4ccccc4)CCCC3=O)c2Cl)c(=O)o1. The number of nitrogens with zero attached hydrogens (tertiary/aromatic N) is 2. The van der Waals surface area contributed by atoms with Crippen LogP contribution < -0.4 is 5.76 Å². The number of allylic oxidation sites excluding steroid dienone is 2. The summed E-state index contributed by atoms with van der Waals surface area (Å²) < 4.78 is 30.7. The van der Waals surface area contributed by atoms with Crippen molar-refractivity contribution in [3.63, 3.8) is 0 Å². The Morgan fingerprint density at radius 3 is 2.50 bits per heavy atom. The number of ketones is 2. The molecule has 0 radical (unpaired) electrons. The molecule has 4 rings (SSSR count). The zero-order valence-electron chi connectivity index (χ0n) is 19.6. The van der Waals surface area contributed by atoms with Crippen LogP contribution in [-0.2, 0) is 26.9 Å². The lowest BCUT2D eigenvalue weighted by Crippen LogP contribution is -2.21. The summed E-state index contributed by atoms with van der Waals surface area (Å²) in [6, 6.07) is 12.3. The Bertz CT molecular complexity index is 1540. The van der Waals surface area contributed by atoms with Gasteiger partial charge in [-0.1, -0.05) is 41.9 Å². The molecular weight excluding hydrogens is 524 g/mol. The van der Waals surface area contributed by atoms with Gasteiger partial charge in [-0.3, -0.25) is 9.59 Å². The van der Waals surface area contributed by atoms with E-state index in [1.54, 1.807) is 0 Å². The van der Waals surface area contributed by atoms with Gasteiger partial charge in [0.1, 0.15) is 0 Å². The number of hydrogen-bond donors (Lipinski definition) is 0. The summed E-state index contributed by atoms with van der Waals surface area (Å²) in [5.74, 6) is -0.923. The van der Waals surface area contributed by atoms with Crippen LogP contribution in [0.1, 0.15) is 46.6 Å². The summed E-state index contributed by atoms with van der Waals surface area (Å²) in [6.07, 6.45) is 2.49. The third-order valence-electron chi connectivity index (χ3n) is 5.71. The van der Waals surface area contributed by atoms with E-state index in [0.717, 1.165) is 16.5 Å². The van der Waals surface area contributed by atoms with Crippen molar-refractivity contribution in [1.29, 1.82) is 0 Å². The number of carbonyl (C=O) groups is 2. The Balaban J connectivity index is 1.78. The first-order chi connectivity index (χ1) is 17.1. The maximum Gasteiger partial charge on any atom is 0.437 e. The van der Waals surface area contributed by atoms with Crippen LogP contribution in [-0.4, -0.2) is 36.0 Å². The fourth-order valence-corrected chi connectivity index (χ4v) is 6.49. The number of rotatable bonds is 8. The van der Waals surface area contributed by atoms with Crippen molar-refractivity contribution in [2.75, 3.05) is 6.26 Å². The summed E-state index contributed by atoms with van der Waals surface area (Å²) in [5, 5.41) is 3.80. The van der Waals surface area contributed by atoms with Crippen molar-refractivity contribution >= 4 is 44.8 Å². The van der Waals surface area contributed by atoms with E-state index < -0.39 is 21.4 Å². The molecule has 0 N–H and O–H groups in total. The molecule has 8 nitrogen and oxygen atoms in total. The number of halogens is 1. The molecule has 0 saturated heterocycles. The van der Waals surface area contributed by atoms with Gasteiger partial charge in [-0.2, -0.15) is 4.68 Å². The zero-order chi connectivity index (χ0) is 26.0. The van der Waals surface area contributed by atoms with Gasteiger partial charge < -0.3 is 4.42 Å². The smallest absolute Gasteiger partial charge is 0.393 e. The van der Waals surface area contributed by atoms with Crippen LogP contribution in [0.5, 0.6) is 0 Å². The van der Waals surface area contributed by atoms with Crippen LogP contribution in [0.3, 0.4) is 0 Å².